The van der Waals surface area contributed by atoms with E-state index in [0.29, 0.717) is 36.9 Å². The molecule has 2 saturated heterocycles. The summed E-state index contributed by atoms with van der Waals surface area (Å²) in [5.41, 5.74) is 9.49. The van der Waals surface area contributed by atoms with Crippen molar-refractivity contribution in [3.63, 3.8) is 0 Å². The molecule has 0 radical (unpaired) electrons. The van der Waals surface area contributed by atoms with Crippen molar-refractivity contribution in [2.45, 2.75) is 123 Å². The van der Waals surface area contributed by atoms with Gasteiger partial charge in [0.15, 0.2) is 0 Å². The lowest BCUT2D eigenvalue weighted by atomic mass is 9.84. The largest absolute Gasteiger partial charge is 0.508 e. The van der Waals surface area contributed by atoms with Gasteiger partial charge in [-0.3, -0.25) is 39.3 Å². The number of fused-ring (bicyclic) bond motifs is 6. The zero-order valence-corrected chi connectivity index (χ0v) is 40.6. The first-order chi connectivity index (χ1) is 31.9. The number of likely N-dealkylation sites (N-methyl/N-ethyl adjacent to an activating group) is 2. The van der Waals surface area contributed by atoms with E-state index in [1.807, 2.05) is 45.9 Å². The number of aryl methyl sites for hydroxylation is 1. The number of hydrazine groups is 1. The minimum Gasteiger partial charge on any atom is -0.508 e. The molecule has 16 nitrogen and oxygen atoms in total. The summed E-state index contributed by atoms with van der Waals surface area (Å²) < 4.78 is 14.2. The van der Waals surface area contributed by atoms with E-state index < -0.39 is 47.2 Å². The number of hydrogen-bond acceptors (Lipinski definition) is 11. The fourth-order valence-electron chi connectivity index (χ4n) is 9.81. The van der Waals surface area contributed by atoms with E-state index in [9.17, 15) is 29.1 Å². The van der Waals surface area contributed by atoms with Crippen molar-refractivity contribution in [3.05, 3.63) is 71.5 Å². The molecule has 6 atom stereocenters. The number of phenols is 1. The molecule has 360 valence electrons. The highest BCUT2D eigenvalue weighted by molar-refractivity contribution is 5.96. The lowest BCUT2D eigenvalue weighted by molar-refractivity contribution is -0.155. The van der Waals surface area contributed by atoms with Crippen LogP contribution in [-0.4, -0.2) is 130 Å². The number of carbonyl (C=O) groups excluding carboxylic acids is 5. The van der Waals surface area contributed by atoms with E-state index in [1.165, 1.54) is 21.9 Å². The first kappa shape index (κ1) is 49.1. The van der Waals surface area contributed by atoms with E-state index in [1.54, 1.807) is 32.5 Å². The SMILES string of the molecule is CC[C@H]1N[C@H]1C(=O)N(C)CC(=O)N(C)C(C(=O)N[C@H]1Cc2cc(O)cc(c2)-c2ccc3c(c2)c(c(-c2cccnc2[C@H](C)OC)n3CC)CC(C)(C)COC(=O)[C@@H]2CCCN(N2)C1=O)C(C)C. The Morgan fingerprint density at radius 3 is 2.51 bits per heavy atom. The molecule has 4 N–H and O–H groups in total. The molecule has 4 aromatic rings. The topological polar surface area (TPSA) is 198 Å². The highest BCUT2D eigenvalue weighted by Crippen LogP contribution is 2.42. The van der Waals surface area contributed by atoms with Crippen LogP contribution in [0.1, 0.15) is 90.7 Å². The molecule has 67 heavy (non-hydrogen) atoms. The number of aromatic hydroxyl groups is 1. The van der Waals surface area contributed by atoms with Crippen molar-refractivity contribution in [1.29, 1.82) is 0 Å². The smallest absolute Gasteiger partial charge is 0.324 e. The summed E-state index contributed by atoms with van der Waals surface area (Å²) in [5, 5.41) is 19.8. The van der Waals surface area contributed by atoms with Gasteiger partial charge in [0.1, 0.15) is 29.9 Å². The summed E-state index contributed by atoms with van der Waals surface area (Å²) in [6, 6.07) is 12.2. The lowest BCUT2D eigenvalue weighted by Gasteiger charge is -2.37. The van der Waals surface area contributed by atoms with E-state index in [4.69, 9.17) is 14.5 Å². The maximum Gasteiger partial charge on any atom is 0.324 e. The third-order valence-electron chi connectivity index (χ3n) is 13.5. The van der Waals surface area contributed by atoms with Crippen LogP contribution in [0, 0.1) is 11.3 Å². The van der Waals surface area contributed by atoms with Crippen molar-refractivity contribution < 1.29 is 38.6 Å². The Morgan fingerprint density at radius 1 is 1.06 bits per heavy atom. The van der Waals surface area contributed by atoms with Crippen LogP contribution in [0.15, 0.2) is 54.7 Å². The Balaban J connectivity index is 1.29. The molecule has 4 amide bonds. The number of cyclic esters (lactones) is 1. The van der Waals surface area contributed by atoms with Crippen LogP contribution >= 0.6 is 0 Å². The molecule has 6 bridgehead atoms. The molecule has 0 spiro atoms. The molecule has 7 rings (SSSR count). The number of phenolic OH excluding ortho intramolecular Hbond substituents is 1. The van der Waals surface area contributed by atoms with Gasteiger partial charge >= 0.3 is 5.97 Å². The van der Waals surface area contributed by atoms with Gasteiger partial charge in [0.25, 0.3) is 5.91 Å². The number of rotatable bonds is 12. The second-order valence-electron chi connectivity index (χ2n) is 19.6. The lowest BCUT2D eigenvalue weighted by Crippen LogP contribution is -2.62. The average Bonchev–Trinajstić information content (AvgIpc) is 4.04. The Bertz CT molecular complexity index is 2520. The van der Waals surface area contributed by atoms with E-state index in [2.05, 4.69) is 59.6 Å². The molecule has 3 aliphatic heterocycles. The number of nitrogens with one attached hydrogen (secondary N) is 3. The van der Waals surface area contributed by atoms with Crippen LogP contribution in [0.25, 0.3) is 33.3 Å². The number of amides is 4. The van der Waals surface area contributed by atoms with Gasteiger partial charge in [-0.1, -0.05) is 46.8 Å². The van der Waals surface area contributed by atoms with Crippen molar-refractivity contribution in [2.24, 2.45) is 11.3 Å². The van der Waals surface area contributed by atoms with Gasteiger partial charge in [0.2, 0.25) is 17.7 Å². The van der Waals surface area contributed by atoms with Gasteiger partial charge in [-0.15, -0.1) is 0 Å². The standard InChI is InChI=1S/C51H68N8O8/c1-11-38-44(53-38)49(64)56(8)27-42(61)57(9)45(29(3)4)47(62)54-40-23-31-21-33(24-34(60)22-31)32-17-18-41-36(25-32)37(46(58(41)12-2)35-15-13-19-52-43(35)30(5)66-10)26-51(6,7)28-67-50(65)39-16-14-20-59(55-39)48(40)63/h13,15,17-19,21-22,24-25,29-30,38-40,44-45,53,55,60H,11-12,14,16,20,23,26-28H2,1-10H3,(H,54,62)/t30-,38+,39-,40-,44+,45?/m0/s1. The van der Waals surface area contributed by atoms with Crippen LogP contribution < -0.4 is 16.1 Å². The molecule has 16 heteroatoms. The van der Waals surface area contributed by atoms with Crippen LogP contribution in [0.2, 0.25) is 0 Å². The molecule has 0 saturated carbocycles. The molecular formula is C51H68N8O8. The number of ether oxygens (including phenoxy) is 2. The number of aromatic nitrogens is 2. The minimum atomic E-state index is -1.18. The average molecular weight is 921 g/mol. The first-order valence-corrected chi connectivity index (χ1v) is 23.6. The molecule has 2 fully saturated rings. The number of nitrogens with zero attached hydrogens (tertiary/aromatic N) is 5. The molecule has 0 aliphatic carbocycles. The van der Waals surface area contributed by atoms with Gasteiger partial charge in [0.05, 0.1) is 30.6 Å². The van der Waals surface area contributed by atoms with Crippen LogP contribution in [-0.2, 0) is 52.8 Å². The fraction of sp³-hybridized carbons (Fsp3) is 0.529. The van der Waals surface area contributed by atoms with Crippen LogP contribution in [0.5, 0.6) is 5.75 Å². The minimum absolute atomic E-state index is 0.0177. The number of benzene rings is 2. The van der Waals surface area contributed by atoms with Gasteiger partial charge in [-0.2, -0.15) is 0 Å². The Morgan fingerprint density at radius 2 is 1.82 bits per heavy atom. The summed E-state index contributed by atoms with van der Waals surface area (Å²) >= 11 is 0. The van der Waals surface area contributed by atoms with Crippen LogP contribution in [0.3, 0.4) is 0 Å². The quantitative estimate of drug-likeness (QED) is 0.108. The Hall–Kier alpha value is -5.84. The van der Waals surface area contributed by atoms with Gasteiger partial charge in [-0.25, -0.2) is 5.43 Å². The summed E-state index contributed by atoms with van der Waals surface area (Å²) in [6.45, 7) is 14.7. The van der Waals surface area contributed by atoms with Crippen molar-refractivity contribution in [2.75, 3.05) is 40.9 Å². The first-order valence-electron chi connectivity index (χ1n) is 23.6. The van der Waals surface area contributed by atoms with Gasteiger partial charge < -0.3 is 34.3 Å². The second-order valence-corrected chi connectivity index (χ2v) is 19.6. The third kappa shape index (κ3) is 10.5. The van der Waals surface area contributed by atoms with Gasteiger partial charge in [0, 0.05) is 74.8 Å². The van der Waals surface area contributed by atoms with Gasteiger partial charge in [-0.05, 0) is 104 Å². The fourth-order valence-corrected chi connectivity index (χ4v) is 9.81. The Labute approximate surface area is 393 Å². The molecule has 3 aliphatic rings. The zero-order valence-electron chi connectivity index (χ0n) is 40.6. The van der Waals surface area contributed by atoms with Crippen molar-refractivity contribution in [1.82, 2.24) is 40.4 Å². The number of esters is 1. The molecule has 5 heterocycles. The Kier molecular flexibility index (Phi) is 14.8. The maximum atomic E-state index is 14.7. The number of pyridine rings is 1. The van der Waals surface area contributed by atoms with E-state index in [0.717, 1.165) is 45.4 Å². The third-order valence-corrected chi connectivity index (χ3v) is 13.5. The summed E-state index contributed by atoms with van der Waals surface area (Å²) in [5.74, 6) is -2.54. The van der Waals surface area contributed by atoms with Crippen molar-refractivity contribution >= 4 is 40.5 Å². The number of methoxy groups -OCH3 is 1. The highest BCUT2D eigenvalue weighted by Gasteiger charge is 2.43. The second kappa shape index (κ2) is 20.2. The van der Waals surface area contributed by atoms with Crippen molar-refractivity contribution in [3.8, 4) is 28.1 Å². The maximum absolute atomic E-state index is 14.7. The molecular weight excluding hydrogens is 853 g/mol. The summed E-state index contributed by atoms with van der Waals surface area (Å²) in [4.78, 5) is 77.3. The monoisotopic (exact) mass is 921 g/mol. The van der Waals surface area contributed by atoms with E-state index >= 15 is 0 Å². The molecule has 1 unspecified atom stereocenters. The predicted octanol–water partition coefficient (Wildman–Crippen LogP) is 5.14. The normalized spacial score (nSPS) is 21.6. The molecule has 2 aromatic carbocycles. The van der Waals surface area contributed by atoms with Crippen LogP contribution in [0.4, 0.5) is 0 Å². The van der Waals surface area contributed by atoms with E-state index in [-0.39, 0.29) is 61.9 Å². The number of carbonyl (C=O) groups is 5. The predicted molar refractivity (Wildman–Crippen MR) is 255 cm³/mol. The summed E-state index contributed by atoms with van der Waals surface area (Å²) in [6.07, 6.45) is 3.73. The summed E-state index contributed by atoms with van der Waals surface area (Å²) in [7, 11) is 4.77. The molecule has 2 aromatic heterocycles. The highest BCUT2D eigenvalue weighted by atomic mass is 16.5. The number of hydrogen-bond donors (Lipinski definition) is 4. The zero-order chi connectivity index (χ0) is 48.5.